The fourth-order valence-corrected chi connectivity index (χ4v) is 4.09. The zero-order chi connectivity index (χ0) is 19.5. The molecule has 0 bridgehead atoms. The summed E-state index contributed by atoms with van der Waals surface area (Å²) >= 11 is 7.38. The van der Waals surface area contributed by atoms with Crippen molar-refractivity contribution < 1.29 is 10.2 Å². The molecule has 1 aromatic heterocycles. The van der Waals surface area contributed by atoms with E-state index in [2.05, 4.69) is 15.5 Å². The number of nitrogens with zero attached hydrogens (tertiary/aromatic N) is 4. The van der Waals surface area contributed by atoms with Crippen molar-refractivity contribution in [2.75, 3.05) is 5.75 Å². The van der Waals surface area contributed by atoms with Crippen LogP contribution in [0.1, 0.15) is 11.7 Å². The molecule has 0 aliphatic rings. The second-order valence-electron chi connectivity index (χ2n) is 6.22. The first kappa shape index (κ1) is 18.9. The molecule has 1 heterocycles. The van der Waals surface area contributed by atoms with Gasteiger partial charge in [-0.15, -0.1) is 5.10 Å². The molecule has 0 saturated heterocycles. The minimum absolute atomic E-state index is 0.206. The van der Waals surface area contributed by atoms with Crippen LogP contribution in [0, 0.1) is 0 Å². The highest BCUT2D eigenvalue weighted by Crippen LogP contribution is 2.29. The lowest BCUT2D eigenvalue weighted by molar-refractivity contribution is 0.0336. The Morgan fingerprint density at radius 3 is 2.57 bits per heavy atom. The van der Waals surface area contributed by atoms with Crippen LogP contribution in [-0.4, -0.2) is 42.3 Å². The summed E-state index contributed by atoms with van der Waals surface area (Å²) in [7, 11) is 0. The number of hydrogen-bond donors (Lipinski definition) is 2. The molecule has 2 N–H and O–H groups in total. The Kier molecular flexibility index (Phi) is 5.59. The minimum atomic E-state index is -1.09. The molecule has 28 heavy (non-hydrogen) atoms. The van der Waals surface area contributed by atoms with Crippen molar-refractivity contribution in [2.24, 2.45) is 0 Å². The topological polar surface area (TPSA) is 84.1 Å². The van der Waals surface area contributed by atoms with Gasteiger partial charge in [-0.1, -0.05) is 78.0 Å². The standard InChI is InChI=1S/C20H17ClN4O2S/c21-16-10-4-3-9-15(16)19(27)18(26)12-28-20-22-23-24-25(20)17-11-5-7-13-6-1-2-8-14(13)17/h1-11,18-19,26-27H,12H2. The van der Waals surface area contributed by atoms with Crippen LogP contribution in [0.4, 0.5) is 0 Å². The zero-order valence-corrected chi connectivity index (χ0v) is 16.3. The lowest BCUT2D eigenvalue weighted by Crippen LogP contribution is -2.21. The molecule has 0 aliphatic carbocycles. The van der Waals surface area contributed by atoms with Crippen LogP contribution >= 0.6 is 23.4 Å². The van der Waals surface area contributed by atoms with E-state index in [-0.39, 0.29) is 5.75 Å². The van der Waals surface area contributed by atoms with E-state index in [0.29, 0.717) is 15.7 Å². The Morgan fingerprint density at radius 2 is 1.71 bits per heavy atom. The smallest absolute Gasteiger partial charge is 0.214 e. The summed E-state index contributed by atoms with van der Waals surface area (Å²) in [6.45, 7) is 0. The third-order valence-electron chi connectivity index (χ3n) is 4.41. The highest BCUT2D eigenvalue weighted by Gasteiger charge is 2.22. The summed E-state index contributed by atoms with van der Waals surface area (Å²) in [5, 5.41) is 35.8. The van der Waals surface area contributed by atoms with Crippen molar-refractivity contribution in [3.8, 4) is 5.69 Å². The highest BCUT2D eigenvalue weighted by atomic mass is 35.5. The minimum Gasteiger partial charge on any atom is -0.389 e. The first-order chi connectivity index (χ1) is 13.6. The molecule has 2 atom stereocenters. The number of aliphatic hydroxyl groups excluding tert-OH is 2. The monoisotopic (exact) mass is 412 g/mol. The fraction of sp³-hybridized carbons (Fsp3) is 0.150. The van der Waals surface area contributed by atoms with Gasteiger partial charge in [0.05, 0.1) is 11.8 Å². The molecule has 4 aromatic rings. The number of tetrazole rings is 1. The molecule has 0 spiro atoms. The van der Waals surface area contributed by atoms with E-state index in [1.165, 1.54) is 11.8 Å². The predicted molar refractivity (Wildman–Crippen MR) is 110 cm³/mol. The average molecular weight is 413 g/mol. The Labute approximate surface area is 170 Å². The Bertz CT molecular complexity index is 1100. The normalized spacial score (nSPS) is 13.5. The van der Waals surface area contributed by atoms with Crippen LogP contribution in [-0.2, 0) is 0 Å². The summed E-state index contributed by atoms with van der Waals surface area (Å²) < 4.78 is 1.64. The lowest BCUT2D eigenvalue weighted by atomic mass is 10.1. The van der Waals surface area contributed by atoms with Crippen LogP contribution < -0.4 is 0 Å². The molecule has 4 rings (SSSR count). The van der Waals surface area contributed by atoms with Crippen LogP contribution in [0.15, 0.2) is 71.9 Å². The van der Waals surface area contributed by atoms with Crippen LogP contribution in [0.3, 0.4) is 0 Å². The third-order valence-corrected chi connectivity index (χ3v) is 5.77. The number of hydrogen-bond acceptors (Lipinski definition) is 6. The zero-order valence-electron chi connectivity index (χ0n) is 14.7. The predicted octanol–water partition coefficient (Wildman–Crippen LogP) is 3.66. The molecule has 0 fully saturated rings. The van der Waals surface area contributed by atoms with Gasteiger partial charge in [-0.05, 0) is 27.9 Å². The van der Waals surface area contributed by atoms with Gasteiger partial charge in [0, 0.05) is 21.7 Å². The second kappa shape index (κ2) is 8.28. The number of aliphatic hydroxyl groups is 2. The van der Waals surface area contributed by atoms with Crippen LogP contribution in [0.5, 0.6) is 0 Å². The van der Waals surface area contributed by atoms with E-state index in [9.17, 15) is 10.2 Å². The van der Waals surface area contributed by atoms with Crippen molar-refractivity contribution in [1.29, 1.82) is 0 Å². The molecule has 2 unspecified atom stereocenters. The molecule has 142 valence electrons. The van der Waals surface area contributed by atoms with Crippen molar-refractivity contribution in [1.82, 2.24) is 20.2 Å². The molecule has 8 heteroatoms. The van der Waals surface area contributed by atoms with Gasteiger partial charge in [0.25, 0.3) is 0 Å². The summed E-state index contributed by atoms with van der Waals surface area (Å²) in [6.07, 6.45) is -2.12. The first-order valence-corrected chi connectivity index (χ1v) is 10.0. The molecule has 0 radical (unpaired) electrons. The van der Waals surface area contributed by atoms with Gasteiger partial charge >= 0.3 is 0 Å². The van der Waals surface area contributed by atoms with Gasteiger partial charge in [-0.25, -0.2) is 0 Å². The molecular formula is C20H17ClN4O2S. The van der Waals surface area contributed by atoms with Gasteiger partial charge in [-0.3, -0.25) is 0 Å². The summed E-state index contributed by atoms with van der Waals surface area (Å²) in [5.74, 6) is 0.206. The summed E-state index contributed by atoms with van der Waals surface area (Å²) in [5.41, 5.74) is 1.35. The van der Waals surface area contributed by atoms with E-state index in [1.807, 2.05) is 42.5 Å². The maximum absolute atomic E-state index is 10.4. The molecule has 0 saturated carbocycles. The van der Waals surface area contributed by atoms with Crippen molar-refractivity contribution in [3.05, 3.63) is 77.3 Å². The third kappa shape index (κ3) is 3.74. The second-order valence-corrected chi connectivity index (χ2v) is 7.61. The average Bonchev–Trinajstić information content (AvgIpc) is 3.20. The molecule has 3 aromatic carbocycles. The number of halogens is 1. The van der Waals surface area contributed by atoms with Gasteiger partial charge in [0.1, 0.15) is 6.10 Å². The summed E-state index contributed by atoms with van der Waals surface area (Å²) in [6, 6.07) is 20.8. The SMILES string of the molecule is OC(CSc1nnnn1-c1cccc2ccccc12)C(O)c1ccccc1Cl. The highest BCUT2D eigenvalue weighted by molar-refractivity contribution is 7.99. The van der Waals surface area contributed by atoms with E-state index >= 15 is 0 Å². The van der Waals surface area contributed by atoms with Crippen molar-refractivity contribution >= 4 is 34.1 Å². The molecule has 0 aliphatic heterocycles. The van der Waals surface area contributed by atoms with Gasteiger partial charge in [-0.2, -0.15) is 4.68 Å². The van der Waals surface area contributed by atoms with Gasteiger partial charge < -0.3 is 10.2 Å². The Hall–Kier alpha value is -2.45. The van der Waals surface area contributed by atoms with E-state index in [4.69, 9.17) is 11.6 Å². The fourth-order valence-electron chi connectivity index (χ4n) is 2.99. The van der Waals surface area contributed by atoms with E-state index < -0.39 is 12.2 Å². The number of benzene rings is 3. The number of thioether (sulfide) groups is 1. The number of rotatable bonds is 6. The van der Waals surface area contributed by atoms with Crippen LogP contribution in [0.25, 0.3) is 16.5 Å². The van der Waals surface area contributed by atoms with Crippen molar-refractivity contribution in [2.45, 2.75) is 17.4 Å². The molecule has 0 amide bonds. The molecular weight excluding hydrogens is 396 g/mol. The maximum Gasteiger partial charge on any atom is 0.214 e. The van der Waals surface area contributed by atoms with E-state index in [1.54, 1.807) is 28.9 Å². The Balaban J connectivity index is 1.55. The largest absolute Gasteiger partial charge is 0.389 e. The van der Waals surface area contributed by atoms with Crippen LogP contribution in [0.2, 0.25) is 5.02 Å². The maximum atomic E-state index is 10.4. The summed E-state index contributed by atoms with van der Waals surface area (Å²) in [4.78, 5) is 0. The quantitative estimate of drug-likeness (QED) is 0.470. The lowest BCUT2D eigenvalue weighted by Gasteiger charge is -2.18. The first-order valence-electron chi connectivity index (χ1n) is 8.65. The number of aromatic nitrogens is 4. The number of fused-ring (bicyclic) bond motifs is 1. The molecule has 6 nitrogen and oxygen atoms in total. The van der Waals surface area contributed by atoms with Crippen molar-refractivity contribution in [3.63, 3.8) is 0 Å². The van der Waals surface area contributed by atoms with E-state index in [0.717, 1.165) is 16.5 Å². The Morgan fingerprint density at radius 1 is 0.964 bits per heavy atom. The van der Waals surface area contributed by atoms with Gasteiger partial charge in [0.15, 0.2) is 0 Å². The van der Waals surface area contributed by atoms with Gasteiger partial charge in [0.2, 0.25) is 5.16 Å².